The van der Waals surface area contributed by atoms with Crippen LogP contribution >= 0.6 is 11.8 Å². The first-order valence-corrected chi connectivity index (χ1v) is 9.20. The van der Waals surface area contributed by atoms with Crippen molar-refractivity contribution in [3.8, 4) is 0 Å². The molecule has 0 aliphatic carbocycles. The van der Waals surface area contributed by atoms with Crippen LogP contribution in [0.3, 0.4) is 0 Å². The minimum atomic E-state index is -4.60. The van der Waals surface area contributed by atoms with Gasteiger partial charge in [0.05, 0.1) is 23.4 Å². The number of nitrogens with zero attached hydrogens (tertiary/aromatic N) is 4. The van der Waals surface area contributed by atoms with Crippen molar-refractivity contribution in [3.05, 3.63) is 71.3 Å². The molecule has 146 valence electrons. The van der Waals surface area contributed by atoms with Crippen molar-refractivity contribution in [2.24, 2.45) is 7.05 Å². The Bertz CT molecular complexity index is 959. The minimum absolute atomic E-state index is 0.0430. The fraction of sp³-hybridized carbons (Fsp3) is 0.222. The summed E-state index contributed by atoms with van der Waals surface area (Å²) in [4.78, 5) is 16.5. The Kier molecular flexibility index (Phi) is 5.98. The van der Waals surface area contributed by atoms with Crippen LogP contribution in [-0.2, 0) is 25.5 Å². The number of nitrogens with one attached hydrogen (secondary N) is 1. The normalized spacial score (nSPS) is 11.4. The van der Waals surface area contributed by atoms with E-state index < -0.39 is 23.2 Å². The largest absolute Gasteiger partial charge is 0.417 e. The average molecular weight is 407 g/mol. The number of alkyl halides is 3. The number of rotatable bonds is 6. The van der Waals surface area contributed by atoms with E-state index in [0.29, 0.717) is 16.7 Å². The van der Waals surface area contributed by atoms with Gasteiger partial charge in [0.25, 0.3) is 5.91 Å². The van der Waals surface area contributed by atoms with Gasteiger partial charge < -0.3 is 9.88 Å². The number of carbonyl (C=O) groups excluding carboxylic acids is 1. The van der Waals surface area contributed by atoms with E-state index in [0.717, 1.165) is 17.8 Å². The zero-order valence-corrected chi connectivity index (χ0v) is 15.6. The SMILES string of the molecule is Cn1c(CNC(=O)c2ccccc2C(F)(F)F)nnc1SCc1ccccn1. The Balaban J connectivity index is 1.64. The second-order valence-corrected chi connectivity index (χ2v) is 6.74. The molecular formula is C18H16F3N5OS. The molecule has 0 saturated carbocycles. The third kappa shape index (κ3) is 4.69. The van der Waals surface area contributed by atoms with Crippen LogP contribution in [0.25, 0.3) is 0 Å². The quantitative estimate of drug-likeness (QED) is 0.634. The number of halogens is 3. The molecule has 0 atom stereocenters. The second kappa shape index (κ2) is 8.42. The maximum Gasteiger partial charge on any atom is 0.417 e. The summed E-state index contributed by atoms with van der Waals surface area (Å²) in [6.07, 6.45) is -2.90. The van der Waals surface area contributed by atoms with E-state index in [1.54, 1.807) is 17.8 Å². The van der Waals surface area contributed by atoms with Gasteiger partial charge in [-0.1, -0.05) is 30.0 Å². The standard InChI is InChI=1S/C18H16F3N5OS/c1-26-15(24-25-17(26)28-11-12-6-4-5-9-22-12)10-23-16(27)13-7-2-3-8-14(13)18(19,20)21/h2-9H,10-11H2,1H3,(H,23,27). The van der Waals surface area contributed by atoms with Crippen molar-refractivity contribution in [1.29, 1.82) is 0 Å². The molecule has 6 nitrogen and oxygen atoms in total. The van der Waals surface area contributed by atoms with Crippen LogP contribution < -0.4 is 5.32 Å². The first-order valence-electron chi connectivity index (χ1n) is 8.21. The summed E-state index contributed by atoms with van der Waals surface area (Å²) in [5, 5.41) is 11.1. The third-order valence-corrected chi connectivity index (χ3v) is 4.94. The molecule has 0 unspecified atom stereocenters. The fourth-order valence-electron chi connectivity index (χ4n) is 2.43. The second-order valence-electron chi connectivity index (χ2n) is 5.79. The molecule has 1 amide bonds. The number of hydrogen-bond acceptors (Lipinski definition) is 5. The highest BCUT2D eigenvalue weighted by molar-refractivity contribution is 7.98. The maximum absolute atomic E-state index is 13.0. The molecule has 1 aromatic carbocycles. The average Bonchev–Trinajstić information content (AvgIpc) is 3.04. The lowest BCUT2D eigenvalue weighted by molar-refractivity contribution is -0.137. The van der Waals surface area contributed by atoms with Crippen LogP contribution in [0.15, 0.2) is 53.8 Å². The molecule has 2 heterocycles. The first kappa shape index (κ1) is 19.9. The monoisotopic (exact) mass is 407 g/mol. The topological polar surface area (TPSA) is 72.7 Å². The van der Waals surface area contributed by atoms with Gasteiger partial charge in [-0.15, -0.1) is 10.2 Å². The number of pyridine rings is 1. The Hall–Kier alpha value is -2.88. The van der Waals surface area contributed by atoms with E-state index in [4.69, 9.17) is 0 Å². The first-order chi connectivity index (χ1) is 13.4. The Morgan fingerprint density at radius 3 is 2.61 bits per heavy atom. The number of amides is 1. The molecule has 0 fully saturated rings. The van der Waals surface area contributed by atoms with Crippen molar-refractivity contribution in [2.45, 2.75) is 23.6 Å². The molecule has 0 aliphatic rings. The van der Waals surface area contributed by atoms with E-state index in [-0.39, 0.29) is 6.54 Å². The van der Waals surface area contributed by atoms with Crippen LogP contribution in [0.5, 0.6) is 0 Å². The lowest BCUT2D eigenvalue weighted by Crippen LogP contribution is -2.27. The summed E-state index contributed by atoms with van der Waals surface area (Å²) < 4.78 is 40.8. The molecule has 1 N–H and O–H groups in total. The van der Waals surface area contributed by atoms with Crippen LogP contribution in [0.4, 0.5) is 13.2 Å². The number of carbonyl (C=O) groups is 1. The molecule has 10 heteroatoms. The van der Waals surface area contributed by atoms with Gasteiger partial charge in [0.2, 0.25) is 0 Å². The molecule has 0 saturated heterocycles. The van der Waals surface area contributed by atoms with Crippen LogP contribution in [0.1, 0.15) is 27.4 Å². The van der Waals surface area contributed by atoms with Crippen molar-refractivity contribution in [1.82, 2.24) is 25.1 Å². The predicted molar refractivity (Wildman–Crippen MR) is 97.4 cm³/mol. The van der Waals surface area contributed by atoms with Crippen molar-refractivity contribution in [2.75, 3.05) is 0 Å². The molecule has 0 spiro atoms. The lowest BCUT2D eigenvalue weighted by Gasteiger charge is -2.12. The van der Waals surface area contributed by atoms with Gasteiger partial charge in [0, 0.05) is 19.0 Å². The van der Waals surface area contributed by atoms with Crippen LogP contribution in [0.2, 0.25) is 0 Å². The van der Waals surface area contributed by atoms with Crippen LogP contribution in [-0.4, -0.2) is 25.7 Å². The van der Waals surface area contributed by atoms with Gasteiger partial charge in [-0.3, -0.25) is 9.78 Å². The van der Waals surface area contributed by atoms with Gasteiger partial charge in [-0.25, -0.2) is 0 Å². The smallest absolute Gasteiger partial charge is 0.345 e. The lowest BCUT2D eigenvalue weighted by atomic mass is 10.1. The van der Waals surface area contributed by atoms with Gasteiger partial charge >= 0.3 is 6.18 Å². The summed E-state index contributed by atoms with van der Waals surface area (Å²) in [6.45, 7) is -0.0430. The van der Waals surface area contributed by atoms with E-state index in [1.165, 1.54) is 23.9 Å². The summed E-state index contributed by atoms with van der Waals surface area (Å²) in [5.41, 5.74) is -0.520. The highest BCUT2D eigenvalue weighted by Gasteiger charge is 2.34. The van der Waals surface area contributed by atoms with E-state index in [1.807, 2.05) is 18.2 Å². The fourth-order valence-corrected chi connectivity index (χ4v) is 3.27. The third-order valence-electron chi connectivity index (χ3n) is 3.88. The molecule has 0 aliphatic heterocycles. The molecule has 3 aromatic rings. The van der Waals surface area contributed by atoms with Crippen LogP contribution in [0, 0.1) is 0 Å². The predicted octanol–water partition coefficient (Wildman–Crippen LogP) is 3.45. The zero-order chi connectivity index (χ0) is 20.1. The van der Waals surface area contributed by atoms with E-state index in [2.05, 4.69) is 20.5 Å². The molecular weight excluding hydrogens is 391 g/mol. The van der Waals surface area contributed by atoms with Gasteiger partial charge in [-0.05, 0) is 24.3 Å². The van der Waals surface area contributed by atoms with Crippen molar-refractivity contribution < 1.29 is 18.0 Å². The Labute approximate surface area is 163 Å². The molecule has 2 aromatic heterocycles. The van der Waals surface area contributed by atoms with Crippen molar-refractivity contribution in [3.63, 3.8) is 0 Å². The Morgan fingerprint density at radius 1 is 1.14 bits per heavy atom. The molecule has 0 bridgehead atoms. The number of thioether (sulfide) groups is 1. The van der Waals surface area contributed by atoms with E-state index >= 15 is 0 Å². The van der Waals surface area contributed by atoms with Gasteiger partial charge in [0.15, 0.2) is 11.0 Å². The van der Waals surface area contributed by atoms with Gasteiger partial charge in [0.1, 0.15) is 0 Å². The summed E-state index contributed by atoms with van der Waals surface area (Å²) in [6, 6.07) is 10.3. The maximum atomic E-state index is 13.0. The number of aromatic nitrogens is 4. The molecule has 3 rings (SSSR count). The number of hydrogen-bond donors (Lipinski definition) is 1. The highest BCUT2D eigenvalue weighted by Crippen LogP contribution is 2.31. The zero-order valence-electron chi connectivity index (χ0n) is 14.8. The summed E-state index contributed by atoms with van der Waals surface area (Å²) in [7, 11) is 1.73. The van der Waals surface area contributed by atoms with Crippen molar-refractivity contribution >= 4 is 17.7 Å². The summed E-state index contributed by atoms with van der Waals surface area (Å²) >= 11 is 1.42. The molecule has 0 radical (unpaired) electrons. The highest BCUT2D eigenvalue weighted by atomic mass is 32.2. The number of benzene rings is 1. The van der Waals surface area contributed by atoms with Gasteiger partial charge in [-0.2, -0.15) is 13.2 Å². The minimum Gasteiger partial charge on any atom is -0.345 e. The Morgan fingerprint density at radius 2 is 1.89 bits per heavy atom. The molecule has 28 heavy (non-hydrogen) atoms. The summed E-state index contributed by atoms with van der Waals surface area (Å²) in [5.74, 6) is 0.206. The van der Waals surface area contributed by atoms with E-state index in [9.17, 15) is 18.0 Å².